The zero-order valence-corrected chi connectivity index (χ0v) is 10.3. The van der Waals surface area contributed by atoms with Crippen LogP contribution in [-0.2, 0) is 10.8 Å². The molecule has 4 heteroatoms. The quantitative estimate of drug-likeness (QED) is 0.861. The molecule has 0 bridgehead atoms. The molecule has 1 aliphatic heterocycles. The molecular weight excluding hydrogens is 225 g/mol. The van der Waals surface area contributed by atoms with Crippen LogP contribution in [0.25, 0.3) is 0 Å². The maximum Gasteiger partial charge on any atom is 0.139 e. The number of hydrogen-bond acceptors (Lipinski definition) is 2. The SMILES string of the molecule is CC(C)NC1CCS(=O)c2c(F)cccc21. The maximum absolute atomic E-state index is 13.6. The standard InChI is InChI=1S/C12H16FNOS/c1-8(2)14-11-6-7-16(15)12-9(11)4-3-5-10(12)13/h3-5,8,11,14H,6-7H2,1-2H3. The molecular formula is C12H16FNOS. The summed E-state index contributed by atoms with van der Waals surface area (Å²) in [7, 11) is -1.18. The fraction of sp³-hybridized carbons (Fsp3) is 0.500. The lowest BCUT2D eigenvalue weighted by Crippen LogP contribution is -2.32. The molecule has 0 aromatic heterocycles. The fourth-order valence-electron chi connectivity index (χ4n) is 2.10. The summed E-state index contributed by atoms with van der Waals surface area (Å²) >= 11 is 0. The van der Waals surface area contributed by atoms with Crippen molar-refractivity contribution in [2.75, 3.05) is 5.75 Å². The maximum atomic E-state index is 13.6. The molecule has 2 atom stereocenters. The van der Waals surface area contributed by atoms with Gasteiger partial charge in [-0.3, -0.25) is 4.21 Å². The summed E-state index contributed by atoms with van der Waals surface area (Å²) in [6, 6.07) is 5.41. The smallest absolute Gasteiger partial charge is 0.139 e. The molecule has 2 rings (SSSR count). The topological polar surface area (TPSA) is 29.1 Å². The number of benzene rings is 1. The highest BCUT2D eigenvalue weighted by atomic mass is 32.2. The van der Waals surface area contributed by atoms with Gasteiger partial charge in [-0.2, -0.15) is 0 Å². The van der Waals surface area contributed by atoms with Crippen LogP contribution in [0.1, 0.15) is 31.9 Å². The van der Waals surface area contributed by atoms with Gasteiger partial charge in [0.25, 0.3) is 0 Å². The Labute approximate surface area is 97.7 Å². The van der Waals surface area contributed by atoms with Crippen molar-refractivity contribution in [1.29, 1.82) is 0 Å². The third-order valence-corrected chi connectivity index (χ3v) is 4.22. The van der Waals surface area contributed by atoms with E-state index in [-0.39, 0.29) is 11.9 Å². The van der Waals surface area contributed by atoms with E-state index >= 15 is 0 Å². The monoisotopic (exact) mass is 241 g/mol. The van der Waals surface area contributed by atoms with E-state index in [1.165, 1.54) is 6.07 Å². The van der Waals surface area contributed by atoms with Crippen LogP contribution in [0.15, 0.2) is 23.1 Å². The van der Waals surface area contributed by atoms with Crippen LogP contribution < -0.4 is 5.32 Å². The van der Waals surface area contributed by atoms with Gasteiger partial charge in [-0.1, -0.05) is 26.0 Å². The van der Waals surface area contributed by atoms with Crippen LogP contribution in [0.2, 0.25) is 0 Å². The van der Waals surface area contributed by atoms with Gasteiger partial charge >= 0.3 is 0 Å². The molecule has 0 radical (unpaired) electrons. The molecule has 1 aliphatic rings. The number of halogens is 1. The van der Waals surface area contributed by atoms with Gasteiger partial charge in [0.05, 0.1) is 15.7 Å². The largest absolute Gasteiger partial charge is 0.308 e. The highest BCUT2D eigenvalue weighted by molar-refractivity contribution is 7.85. The lowest BCUT2D eigenvalue weighted by atomic mass is 10.0. The van der Waals surface area contributed by atoms with Crippen molar-refractivity contribution in [1.82, 2.24) is 5.32 Å². The molecule has 16 heavy (non-hydrogen) atoms. The summed E-state index contributed by atoms with van der Waals surface area (Å²) < 4.78 is 25.4. The first kappa shape index (κ1) is 11.7. The highest BCUT2D eigenvalue weighted by Crippen LogP contribution is 2.31. The summed E-state index contributed by atoms with van der Waals surface area (Å²) in [6.07, 6.45) is 0.807. The molecule has 1 N–H and O–H groups in total. The van der Waals surface area contributed by atoms with Crippen molar-refractivity contribution in [2.24, 2.45) is 0 Å². The molecule has 0 amide bonds. The van der Waals surface area contributed by atoms with Crippen LogP contribution in [-0.4, -0.2) is 16.0 Å². The Morgan fingerprint density at radius 1 is 1.50 bits per heavy atom. The van der Waals surface area contributed by atoms with Crippen LogP contribution >= 0.6 is 0 Å². The van der Waals surface area contributed by atoms with Gasteiger partial charge in [-0.05, 0) is 18.1 Å². The minimum Gasteiger partial charge on any atom is -0.308 e. The zero-order chi connectivity index (χ0) is 11.7. The van der Waals surface area contributed by atoms with E-state index in [4.69, 9.17) is 0 Å². The molecule has 2 nitrogen and oxygen atoms in total. The minimum atomic E-state index is -1.18. The molecule has 0 fully saturated rings. The minimum absolute atomic E-state index is 0.128. The predicted molar refractivity (Wildman–Crippen MR) is 63.3 cm³/mol. The van der Waals surface area contributed by atoms with Crippen molar-refractivity contribution in [3.05, 3.63) is 29.6 Å². The van der Waals surface area contributed by atoms with Crippen molar-refractivity contribution in [3.8, 4) is 0 Å². The van der Waals surface area contributed by atoms with Gasteiger partial charge in [0.2, 0.25) is 0 Å². The number of rotatable bonds is 2. The predicted octanol–water partition coefficient (Wildman–Crippen LogP) is 2.38. The Morgan fingerprint density at radius 2 is 2.25 bits per heavy atom. The Balaban J connectivity index is 2.40. The van der Waals surface area contributed by atoms with Crippen LogP contribution in [0.3, 0.4) is 0 Å². The van der Waals surface area contributed by atoms with Gasteiger partial charge in [0.15, 0.2) is 0 Å². The van der Waals surface area contributed by atoms with Gasteiger partial charge in [-0.25, -0.2) is 4.39 Å². The molecule has 0 saturated carbocycles. The number of nitrogens with one attached hydrogen (secondary N) is 1. The second-order valence-corrected chi connectivity index (χ2v) is 5.88. The van der Waals surface area contributed by atoms with Gasteiger partial charge in [0, 0.05) is 17.8 Å². The van der Waals surface area contributed by atoms with E-state index in [1.54, 1.807) is 6.07 Å². The summed E-state index contributed by atoms with van der Waals surface area (Å²) in [5.41, 5.74) is 0.860. The Kier molecular flexibility index (Phi) is 3.40. The van der Waals surface area contributed by atoms with Gasteiger partial charge in [-0.15, -0.1) is 0 Å². The van der Waals surface area contributed by atoms with Crippen molar-refractivity contribution >= 4 is 10.8 Å². The number of hydrogen-bond donors (Lipinski definition) is 1. The second kappa shape index (κ2) is 4.63. The average Bonchev–Trinajstić information content (AvgIpc) is 2.22. The van der Waals surface area contributed by atoms with Crippen LogP contribution in [0.4, 0.5) is 4.39 Å². The van der Waals surface area contributed by atoms with E-state index in [9.17, 15) is 8.60 Å². The van der Waals surface area contributed by atoms with Gasteiger partial charge < -0.3 is 5.32 Å². The molecule has 1 aromatic carbocycles. The summed E-state index contributed by atoms with van der Waals surface area (Å²) in [6.45, 7) is 4.12. The molecule has 88 valence electrons. The lowest BCUT2D eigenvalue weighted by Gasteiger charge is -2.27. The van der Waals surface area contributed by atoms with Crippen LogP contribution in [0, 0.1) is 5.82 Å². The first-order chi connectivity index (χ1) is 7.59. The van der Waals surface area contributed by atoms with E-state index < -0.39 is 10.8 Å². The first-order valence-electron chi connectivity index (χ1n) is 5.52. The van der Waals surface area contributed by atoms with E-state index in [1.807, 2.05) is 6.07 Å². The average molecular weight is 241 g/mol. The molecule has 1 aromatic rings. The highest BCUT2D eigenvalue weighted by Gasteiger charge is 2.27. The fourth-order valence-corrected chi connectivity index (χ4v) is 3.51. The molecule has 2 unspecified atom stereocenters. The van der Waals surface area contributed by atoms with Crippen molar-refractivity contribution < 1.29 is 8.60 Å². The lowest BCUT2D eigenvalue weighted by molar-refractivity contribution is 0.448. The molecule has 0 saturated heterocycles. The molecule has 0 aliphatic carbocycles. The Hall–Kier alpha value is -0.740. The third kappa shape index (κ3) is 2.18. The Morgan fingerprint density at radius 3 is 2.94 bits per heavy atom. The summed E-state index contributed by atoms with van der Waals surface area (Å²) in [5.74, 6) is 0.198. The van der Waals surface area contributed by atoms with Crippen LogP contribution in [0.5, 0.6) is 0 Å². The second-order valence-electron chi connectivity index (χ2n) is 4.37. The van der Waals surface area contributed by atoms with Crippen molar-refractivity contribution in [3.63, 3.8) is 0 Å². The first-order valence-corrected chi connectivity index (χ1v) is 6.84. The zero-order valence-electron chi connectivity index (χ0n) is 9.50. The van der Waals surface area contributed by atoms with E-state index in [0.29, 0.717) is 16.7 Å². The third-order valence-electron chi connectivity index (χ3n) is 2.73. The normalized spacial score (nSPS) is 24.5. The summed E-state index contributed by atoms with van der Waals surface area (Å²) in [4.78, 5) is 0.395. The van der Waals surface area contributed by atoms with E-state index in [2.05, 4.69) is 19.2 Å². The molecule has 0 spiro atoms. The Bertz CT molecular complexity index is 419. The summed E-state index contributed by atoms with van der Waals surface area (Å²) in [5, 5.41) is 3.38. The number of fused-ring (bicyclic) bond motifs is 1. The molecule has 1 heterocycles. The van der Waals surface area contributed by atoms with E-state index in [0.717, 1.165) is 12.0 Å². The van der Waals surface area contributed by atoms with Crippen molar-refractivity contribution in [2.45, 2.75) is 37.2 Å². The van der Waals surface area contributed by atoms with Gasteiger partial charge in [0.1, 0.15) is 5.82 Å².